The quantitative estimate of drug-likeness (QED) is 0.789. The third-order valence-corrected chi connectivity index (χ3v) is 2.73. The molecule has 0 saturated carbocycles. The maximum atomic E-state index is 5.74. The molecule has 0 saturated heterocycles. The molecule has 0 radical (unpaired) electrons. The summed E-state index contributed by atoms with van der Waals surface area (Å²) in [6.45, 7) is 8.66. The number of hydrogen-bond acceptors (Lipinski definition) is 4. The SMILES string of the molecule is CCC(C)(CN)Nc1nc(C)cnc1C. The number of aromatic nitrogens is 2. The molecule has 84 valence electrons. The van der Waals surface area contributed by atoms with Gasteiger partial charge in [-0.25, -0.2) is 4.98 Å². The Morgan fingerprint density at radius 2 is 2.13 bits per heavy atom. The summed E-state index contributed by atoms with van der Waals surface area (Å²) >= 11 is 0. The highest BCUT2D eigenvalue weighted by molar-refractivity contribution is 5.42. The Hall–Kier alpha value is -1.16. The number of anilines is 1. The van der Waals surface area contributed by atoms with E-state index in [9.17, 15) is 0 Å². The van der Waals surface area contributed by atoms with Crippen molar-refractivity contribution in [1.29, 1.82) is 0 Å². The van der Waals surface area contributed by atoms with Crippen LogP contribution >= 0.6 is 0 Å². The van der Waals surface area contributed by atoms with E-state index in [2.05, 4.69) is 29.1 Å². The zero-order valence-electron chi connectivity index (χ0n) is 9.96. The number of aryl methyl sites for hydroxylation is 2. The normalized spacial score (nSPS) is 14.7. The number of nitrogens with one attached hydrogen (secondary N) is 1. The monoisotopic (exact) mass is 208 g/mol. The average Bonchev–Trinajstić information content (AvgIpc) is 2.23. The molecule has 15 heavy (non-hydrogen) atoms. The molecule has 1 aromatic heterocycles. The van der Waals surface area contributed by atoms with Crippen molar-refractivity contribution in [2.45, 2.75) is 39.7 Å². The lowest BCUT2D eigenvalue weighted by atomic mass is 9.99. The van der Waals surface area contributed by atoms with E-state index in [1.54, 1.807) is 6.20 Å². The maximum Gasteiger partial charge on any atom is 0.148 e. The first-order chi connectivity index (χ1) is 7.00. The molecule has 0 bridgehead atoms. The lowest BCUT2D eigenvalue weighted by Gasteiger charge is -2.29. The van der Waals surface area contributed by atoms with E-state index in [0.29, 0.717) is 6.54 Å². The number of hydrogen-bond donors (Lipinski definition) is 2. The van der Waals surface area contributed by atoms with Crippen molar-refractivity contribution in [2.24, 2.45) is 5.73 Å². The van der Waals surface area contributed by atoms with Crippen molar-refractivity contribution in [1.82, 2.24) is 9.97 Å². The number of nitrogens with zero attached hydrogens (tertiary/aromatic N) is 2. The van der Waals surface area contributed by atoms with Gasteiger partial charge in [-0.3, -0.25) is 4.98 Å². The van der Waals surface area contributed by atoms with E-state index >= 15 is 0 Å². The first-order valence-corrected chi connectivity index (χ1v) is 5.29. The Morgan fingerprint density at radius 3 is 2.67 bits per heavy atom. The molecule has 1 aromatic rings. The average molecular weight is 208 g/mol. The van der Waals surface area contributed by atoms with Crippen LogP contribution in [0.3, 0.4) is 0 Å². The van der Waals surface area contributed by atoms with Gasteiger partial charge in [-0.15, -0.1) is 0 Å². The second kappa shape index (κ2) is 4.57. The first kappa shape index (κ1) is 11.9. The van der Waals surface area contributed by atoms with Gasteiger partial charge < -0.3 is 11.1 Å². The molecule has 0 aliphatic rings. The predicted octanol–water partition coefficient (Wildman–Crippen LogP) is 1.63. The summed E-state index contributed by atoms with van der Waals surface area (Å²) in [4.78, 5) is 8.69. The lowest BCUT2D eigenvalue weighted by molar-refractivity contribution is 0.503. The fraction of sp³-hybridized carbons (Fsp3) is 0.636. The van der Waals surface area contributed by atoms with Gasteiger partial charge in [0, 0.05) is 18.3 Å². The maximum absolute atomic E-state index is 5.74. The molecule has 1 rings (SSSR count). The van der Waals surface area contributed by atoms with Crippen LogP contribution in [0.4, 0.5) is 5.82 Å². The van der Waals surface area contributed by atoms with E-state index in [1.165, 1.54) is 0 Å². The Labute approximate surface area is 91.3 Å². The molecular weight excluding hydrogens is 188 g/mol. The van der Waals surface area contributed by atoms with E-state index in [-0.39, 0.29) is 5.54 Å². The highest BCUT2D eigenvalue weighted by Gasteiger charge is 2.21. The van der Waals surface area contributed by atoms with Crippen molar-refractivity contribution >= 4 is 5.82 Å². The van der Waals surface area contributed by atoms with Crippen LogP contribution < -0.4 is 11.1 Å². The van der Waals surface area contributed by atoms with Crippen molar-refractivity contribution in [3.8, 4) is 0 Å². The van der Waals surface area contributed by atoms with Gasteiger partial charge in [0.1, 0.15) is 5.82 Å². The minimum Gasteiger partial charge on any atom is -0.362 e. The third-order valence-electron chi connectivity index (χ3n) is 2.73. The van der Waals surface area contributed by atoms with Gasteiger partial charge in [-0.05, 0) is 27.2 Å². The Kier molecular flexibility index (Phi) is 3.63. The Morgan fingerprint density at radius 1 is 1.47 bits per heavy atom. The molecule has 0 spiro atoms. The van der Waals surface area contributed by atoms with Crippen LogP contribution in [-0.2, 0) is 0 Å². The summed E-state index contributed by atoms with van der Waals surface area (Å²) in [5.41, 5.74) is 7.47. The minimum atomic E-state index is -0.104. The van der Waals surface area contributed by atoms with Gasteiger partial charge in [-0.2, -0.15) is 0 Å². The molecule has 0 aliphatic carbocycles. The molecule has 1 atom stereocenters. The molecular formula is C11H20N4. The highest BCUT2D eigenvalue weighted by atomic mass is 15.1. The van der Waals surface area contributed by atoms with Crippen molar-refractivity contribution in [3.05, 3.63) is 17.6 Å². The standard InChI is InChI=1S/C11H20N4/c1-5-11(4,7-12)15-10-9(3)13-6-8(2)14-10/h6H,5,7,12H2,1-4H3,(H,14,15). The van der Waals surface area contributed by atoms with E-state index in [0.717, 1.165) is 23.6 Å². The molecule has 1 heterocycles. The Bertz CT molecular complexity index is 331. The molecule has 0 aromatic carbocycles. The zero-order valence-corrected chi connectivity index (χ0v) is 9.96. The van der Waals surface area contributed by atoms with Crippen LogP contribution in [0, 0.1) is 13.8 Å². The smallest absolute Gasteiger partial charge is 0.148 e. The summed E-state index contributed by atoms with van der Waals surface area (Å²) in [5, 5.41) is 3.37. The van der Waals surface area contributed by atoms with Gasteiger partial charge in [0.2, 0.25) is 0 Å². The van der Waals surface area contributed by atoms with Crippen molar-refractivity contribution in [3.63, 3.8) is 0 Å². The van der Waals surface area contributed by atoms with Crippen LogP contribution in [0.15, 0.2) is 6.20 Å². The van der Waals surface area contributed by atoms with Crippen molar-refractivity contribution < 1.29 is 0 Å². The van der Waals surface area contributed by atoms with E-state index in [4.69, 9.17) is 5.73 Å². The lowest BCUT2D eigenvalue weighted by Crippen LogP contribution is -2.42. The predicted molar refractivity (Wildman–Crippen MR) is 62.9 cm³/mol. The fourth-order valence-electron chi connectivity index (χ4n) is 1.23. The third kappa shape index (κ3) is 2.89. The van der Waals surface area contributed by atoms with Gasteiger partial charge in [0.05, 0.1) is 11.4 Å². The van der Waals surface area contributed by atoms with Gasteiger partial charge in [0.25, 0.3) is 0 Å². The summed E-state index contributed by atoms with van der Waals surface area (Å²) in [6.07, 6.45) is 2.73. The van der Waals surface area contributed by atoms with Crippen LogP contribution in [0.1, 0.15) is 31.7 Å². The summed E-state index contributed by atoms with van der Waals surface area (Å²) in [5.74, 6) is 0.838. The second-order valence-corrected chi connectivity index (χ2v) is 4.19. The van der Waals surface area contributed by atoms with Crippen LogP contribution in [0.25, 0.3) is 0 Å². The molecule has 3 N–H and O–H groups in total. The summed E-state index contributed by atoms with van der Waals surface area (Å²) < 4.78 is 0. The van der Waals surface area contributed by atoms with Gasteiger partial charge in [0.15, 0.2) is 0 Å². The first-order valence-electron chi connectivity index (χ1n) is 5.29. The van der Waals surface area contributed by atoms with Gasteiger partial charge in [-0.1, -0.05) is 6.92 Å². The molecule has 4 heteroatoms. The Balaban J connectivity index is 2.92. The summed E-state index contributed by atoms with van der Waals surface area (Å²) in [7, 11) is 0. The van der Waals surface area contributed by atoms with E-state index < -0.39 is 0 Å². The topological polar surface area (TPSA) is 63.8 Å². The van der Waals surface area contributed by atoms with Gasteiger partial charge >= 0.3 is 0 Å². The highest BCUT2D eigenvalue weighted by Crippen LogP contribution is 2.17. The molecule has 0 aliphatic heterocycles. The molecule has 0 amide bonds. The minimum absolute atomic E-state index is 0.104. The van der Waals surface area contributed by atoms with Crippen LogP contribution in [0.5, 0.6) is 0 Å². The zero-order chi connectivity index (χ0) is 11.5. The largest absolute Gasteiger partial charge is 0.362 e. The summed E-state index contributed by atoms with van der Waals surface area (Å²) in [6, 6.07) is 0. The number of rotatable bonds is 4. The molecule has 0 fully saturated rings. The second-order valence-electron chi connectivity index (χ2n) is 4.19. The van der Waals surface area contributed by atoms with E-state index in [1.807, 2.05) is 13.8 Å². The van der Waals surface area contributed by atoms with Crippen LogP contribution in [-0.4, -0.2) is 22.1 Å². The fourth-order valence-corrected chi connectivity index (χ4v) is 1.23. The molecule has 1 unspecified atom stereocenters. The van der Waals surface area contributed by atoms with Crippen molar-refractivity contribution in [2.75, 3.05) is 11.9 Å². The van der Waals surface area contributed by atoms with Crippen LogP contribution in [0.2, 0.25) is 0 Å². The molecule has 4 nitrogen and oxygen atoms in total. The number of nitrogens with two attached hydrogens (primary N) is 1.